The lowest BCUT2D eigenvalue weighted by atomic mass is 10.1. The summed E-state index contributed by atoms with van der Waals surface area (Å²) in [4.78, 5) is 25.1. The Hall–Kier alpha value is -2.91. The summed E-state index contributed by atoms with van der Waals surface area (Å²) in [6.45, 7) is 6.91. The van der Waals surface area contributed by atoms with Crippen LogP contribution >= 0.6 is 11.3 Å². The molecule has 3 aromatic rings. The molecule has 2 N–H and O–H groups in total. The van der Waals surface area contributed by atoms with Crippen LogP contribution in [-0.2, 0) is 0 Å². The van der Waals surface area contributed by atoms with Crippen molar-refractivity contribution in [2.45, 2.75) is 25.9 Å². The highest BCUT2D eigenvalue weighted by atomic mass is 32.1. The zero-order valence-electron chi connectivity index (χ0n) is 17.0. The van der Waals surface area contributed by atoms with E-state index in [1.54, 1.807) is 11.1 Å². The minimum atomic E-state index is -0.352. The number of aromatic nitrogens is 2. The van der Waals surface area contributed by atoms with Crippen LogP contribution in [0.15, 0.2) is 42.6 Å². The lowest BCUT2D eigenvalue weighted by molar-refractivity contribution is 0.0570. The second-order valence-corrected chi connectivity index (χ2v) is 8.35. The number of benzene rings is 1. The van der Waals surface area contributed by atoms with Gasteiger partial charge in [0.15, 0.2) is 0 Å². The maximum absolute atomic E-state index is 11.5. The van der Waals surface area contributed by atoms with Crippen LogP contribution in [0.2, 0.25) is 0 Å². The normalized spacial score (nSPS) is 19.7. The van der Waals surface area contributed by atoms with E-state index in [0.29, 0.717) is 24.1 Å². The number of primary amides is 1. The Kier molecular flexibility index (Phi) is 6.01. The standard InChI is InChI=1S/C21H25N5O3S/c1-14-13-26(20(22)27)15(2)12-25(14)10-11-28-16-5-7-17(8-6-16)29-21-24-18-4-3-9-23-19(18)30-21/h3-9,14-15H,10-13H2,1-2H3,(H2,22,27)/t14-,15-/m0/s1. The van der Waals surface area contributed by atoms with Crippen molar-refractivity contribution in [3.05, 3.63) is 42.6 Å². The molecule has 4 rings (SSSR count). The van der Waals surface area contributed by atoms with Crippen LogP contribution < -0.4 is 15.2 Å². The van der Waals surface area contributed by atoms with Crippen molar-refractivity contribution in [3.8, 4) is 16.7 Å². The van der Waals surface area contributed by atoms with Crippen LogP contribution in [0.25, 0.3) is 10.3 Å². The molecule has 1 aromatic carbocycles. The van der Waals surface area contributed by atoms with Crippen LogP contribution in [0.4, 0.5) is 4.79 Å². The summed E-state index contributed by atoms with van der Waals surface area (Å²) in [7, 11) is 0. The fourth-order valence-electron chi connectivity index (χ4n) is 3.60. The van der Waals surface area contributed by atoms with Crippen molar-refractivity contribution in [1.29, 1.82) is 0 Å². The highest BCUT2D eigenvalue weighted by Crippen LogP contribution is 2.30. The van der Waals surface area contributed by atoms with Crippen molar-refractivity contribution in [3.63, 3.8) is 0 Å². The molecule has 30 heavy (non-hydrogen) atoms. The minimum absolute atomic E-state index is 0.104. The van der Waals surface area contributed by atoms with Gasteiger partial charge in [0.25, 0.3) is 5.19 Å². The number of ether oxygens (including phenoxy) is 2. The quantitative estimate of drug-likeness (QED) is 0.648. The zero-order valence-corrected chi connectivity index (χ0v) is 17.8. The average Bonchev–Trinajstić information content (AvgIpc) is 3.13. The molecule has 0 bridgehead atoms. The van der Waals surface area contributed by atoms with Gasteiger partial charge in [-0.15, -0.1) is 0 Å². The molecular formula is C21H25N5O3S. The van der Waals surface area contributed by atoms with Gasteiger partial charge >= 0.3 is 6.03 Å². The molecule has 2 atom stereocenters. The maximum atomic E-state index is 11.5. The second kappa shape index (κ2) is 8.85. The van der Waals surface area contributed by atoms with Gasteiger partial charge in [-0.25, -0.2) is 14.8 Å². The third-order valence-corrected chi connectivity index (χ3v) is 6.08. The van der Waals surface area contributed by atoms with E-state index in [0.717, 1.165) is 29.2 Å². The highest BCUT2D eigenvalue weighted by Gasteiger charge is 2.30. The van der Waals surface area contributed by atoms with E-state index < -0.39 is 0 Å². The summed E-state index contributed by atoms with van der Waals surface area (Å²) in [6.07, 6.45) is 1.75. The summed E-state index contributed by atoms with van der Waals surface area (Å²) in [5, 5.41) is 0.565. The van der Waals surface area contributed by atoms with Crippen LogP contribution in [0.1, 0.15) is 13.8 Å². The van der Waals surface area contributed by atoms with Gasteiger partial charge in [0.05, 0.1) is 0 Å². The Balaban J connectivity index is 1.27. The van der Waals surface area contributed by atoms with Crippen molar-refractivity contribution in [2.75, 3.05) is 26.2 Å². The topological polar surface area (TPSA) is 93.8 Å². The van der Waals surface area contributed by atoms with Gasteiger partial charge in [0.1, 0.15) is 28.5 Å². The summed E-state index contributed by atoms with van der Waals surface area (Å²) in [5.74, 6) is 1.48. The van der Waals surface area contributed by atoms with Crippen LogP contribution in [-0.4, -0.2) is 64.1 Å². The van der Waals surface area contributed by atoms with Crippen LogP contribution in [0, 0.1) is 0 Å². The number of nitrogens with two attached hydrogens (primary N) is 1. The van der Waals surface area contributed by atoms with E-state index in [4.69, 9.17) is 15.2 Å². The first-order chi connectivity index (χ1) is 14.5. The SMILES string of the molecule is C[C@H]1CN(C(N)=O)[C@@H](C)CN1CCOc1ccc(Oc2nc3cccnc3s2)cc1. The molecule has 9 heteroatoms. The highest BCUT2D eigenvalue weighted by molar-refractivity contribution is 7.19. The molecule has 0 saturated carbocycles. The van der Waals surface area contributed by atoms with E-state index in [1.807, 2.05) is 43.3 Å². The second-order valence-electron chi connectivity index (χ2n) is 7.41. The Morgan fingerprint density at radius 2 is 1.93 bits per heavy atom. The lowest BCUT2D eigenvalue weighted by Crippen LogP contribution is -2.59. The van der Waals surface area contributed by atoms with Gasteiger partial charge in [-0.05, 0) is 50.2 Å². The minimum Gasteiger partial charge on any atom is -0.492 e. The summed E-state index contributed by atoms with van der Waals surface area (Å²) in [6, 6.07) is 11.3. The number of rotatable bonds is 6. The van der Waals surface area contributed by atoms with E-state index >= 15 is 0 Å². The molecule has 1 aliphatic heterocycles. The number of urea groups is 1. The Labute approximate surface area is 179 Å². The third kappa shape index (κ3) is 4.63. The summed E-state index contributed by atoms with van der Waals surface area (Å²) >= 11 is 1.41. The van der Waals surface area contributed by atoms with Crippen LogP contribution in [0.3, 0.4) is 0 Å². The van der Waals surface area contributed by atoms with E-state index in [2.05, 4.69) is 21.8 Å². The molecule has 8 nitrogen and oxygen atoms in total. The van der Waals surface area contributed by atoms with Gasteiger partial charge in [-0.2, -0.15) is 0 Å². The van der Waals surface area contributed by atoms with Crippen LogP contribution in [0.5, 0.6) is 16.7 Å². The first-order valence-corrected chi connectivity index (χ1v) is 10.7. The molecule has 0 radical (unpaired) electrons. The lowest BCUT2D eigenvalue weighted by Gasteiger charge is -2.43. The van der Waals surface area contributed by atoms with Crippen molar-refractivity contribution < 1.29 is 14.3 Å². The number of nitrogens with zero attached hydrogens (tertiary/aromatic N) is 4. The monoisotopic (exact) mass is 427 g/mol. The predicted molar refractivity (Wildman–Crippen MR) is 116 cm³/mol. The number of piperazine rings is 1. The van der Waals surface area contributed by atoms with Gasteiger partial charge in [-0.3, -0.25) is 4.90 Å². The molecule has 0 aliphatic carbocycles. The van der Waals surface area contributed by atoms with Gasteiger partial charge in [0.2, 0.25) is 0 Å². The predicted octanol–water partition coefficient (Wildman–Crippen LogP) is 3.34. The third-order valence-electron chi connectivity index (χ3n) is 5.22. The first kappa shape index (κ1) is 20.4. The Bertz CT molecular complexity index is 976. The Morgan fingerprint density at radius 1 is 1.17 bits per heavy atom. The molecular weight excluding hydrogens is 402 g/mol. The van der Waals surface area contributed by atoms with Gasteiger partial charge in [-0.1, -0.05) is 11.3 Å². The van der Waals surface area contributed by atoms with Gasteiger partial charge in [0, 0.05) is 37.9 Å². The molecule has 1 aliphatic rings. The fourth-order valence-corrected chi connectivity index (χ4v) is 4.37. The zero-order chi connectivity index (χ0) is 21.1. The number of thiazole rings is 1. The molecule has 2 aromatic heterocycles. The molecule has 1 saturated heterocycles. The van der Waals surface area contributed by atoms with E-state index in [9.17, 15) is 4.79 Å². The number of carbonyl (C=O) groups is 1. The molecule has 3 heterocycles. The molecule has 158 valence electrons. The largest absolute Gasteiger partial charge is 0.492 e. The van der Waals surface area contributed by atoms with Crippen molar-refractivity contribution >= 4 is 27.7 Å². The number of pyridine rings is 1. The Morgan fingerprint density at radius 3 is 2.67 bits per heavy atom. The van der Waals surface area contributed by atoms with Crippen molar-refractivity contribution in [2.24, 2.45) is 5.73 Å². The van der Waals surface area contributed by atoms with E-state index in [-0.39, 0.29) is 18.1 Å². The number of hydrogen-bond acceptors (Lipinski definition) is 7. The molecule has 1 fully saturated rings. The molecule has 2 amide bonds. The van der Waals surface area contributed by atoms with Gasteiger partial charge < -0.3 is 20.1 Å². The number of amides is 2. The number of carbonyl (C=O) groups excluding carboxylic acids is 1. The fraction of sp³-hybridized carbons (Fsp3) is 0.381. The maximum Gasteiger partial charge on any atom is 0.315 e. The summed E-state index contributed by atoms with van der Waals surface area (Å²) < 4.78 is 11.7. The summed E-state index contributed by atoms with van der Waals surface area (Å²) in [5.41, 5.74) is 6.28. The van der Waals surface area contributed by atoms with E-state index in [1.165, 1.54) is 11.3 Å². The number of hydrogen-bond donors (Lipinski definition) is 1. The smallest absolute Gasteiger partial charge is 0.315 e. The molecule has 0 unspecified atom stereocenters. The number of fused-ring (bicyclic) bond motifs is 1. The molecule has 0 spiro atoms. The average molecular weight is 428 g/mol. The first-order valence-electron chi connectivity index (χ1n) is 9.92. The van der Waals surface area contributed by atoms with Crippen molar-refractivity contribution in [1.82, 2.24) is 19.8 Å².